The van der Waals surface area contributed by atoms with E-state index in [4.69, 9.17) is 0 Å². The Morgan fingerprint density at radius 3 is 2.86 bits per heavy atom. The quantitative estimate of drug-likeness (QED) is 0.689. The van der Waals surface area contributed by atoms with Gasteiger partial charge in [0.05, 0.1) is 5.69 Å². The van der Waals surface area contributed by atoms with Crippen molar-refractivity contribution >= 4 is 5.91 Å². The van der Waals surface area contributed by atoms with Gasteiger partial charge in [-0.1, -0.05) is 36.4 Å². The van der Waals surface area contributed by atoms with E-state index in [0.717, 1.165) is 38.2 Å². The number of likely N-dealkylation sites (tertiary alicyclic amines) is 1. The van der Waals surface area contributed by atoms with E-state index in [9.17, 15) is 4.79 Å². The van der Waals surface area contributed by atoms with Gasteiger partial charge >= 0.3 is 0 Å². The average Bonchev–Trinajstić information content (AvgIpc) is 3.44. The first-order chi connectivity index (χ1) is 13.8. The molecule has 1 fully saturated rings. The highest BCUT2D eigenvalue weighted by Crippen LogP contribution is 2.16. The summed E-state index contributed by atoms with van der Waals surface area (Å²) in [6.45, 7) is 3.95. The lowest BCUT2D eigenvalue weighted by Gasteiger charge is -2.16. The monoisotopic (exact) mass is 375 g/mol. The summed E-state index contributed by atoms with van der Waals surface area (Å²) in [5, 5.41) is 7.21. The number of amides is 1. The van der Waals surface area contributed by atoms with Gasteiger partial charge in [0, 0.05) is 25.2 Å². The SMILES string of the molecule is O=C(NCC1CCN(CCc2ccccc2)C1)c1cccc(-n2cncn2)c1. The molecule has 6 heteroatoms. The molecule has 1 aliphatic heterocycles. The van der Waals surface area contributed by atoms with Gasteiger partial charge in [0.2, 0.25) is 0 Å². The summed E-state index contributed by atoms with van der Waals surface area (Å²) < 4.78 is 1.65. The van der Waals surface area contributed by atoms with Crippen molar-refractivity contribution in [1.29, 1.82) is 0 Å². The Morgan fingerprint density at radius 1 is 1.14 bits per heavy atom. The molecule has 1 amide bonds. The van der Waals surface area contributed by atoms with Crippen molar-refractivity contribution < 1.29 is 4.79 Å². The number of rotatable bonds is 7. The van der Waals surface area contributed by atoms with Gasteiger partial charge in [0.15, 0.2) is 0 Å². The third-order valence-corrected chi connectivity index (χ3v) is 5.27. The molecular weight excluding hydrogens is 350 g/mol. The molecule has 1 unspecified atom stereocenters. The molecule has 0 bridgehead atoms. The maximum Gasteiger partial charge on any atom is 0.251 e. The molecule has 0 spiro atoms. The van der Waals surface area contributed by atoms with Crippen molar-refractivity contribution in [3.05, 3.63) is 78.4 Å². The molecule has 1 aromatic heterocycles. The van der Waals surface area contributed by atoms with E-state index in [1.165, 1.54) is 11.9 Å². The fourth-order valence-corrected chi connectivity index (χ4v) is 3.68. The number of aromatic nitrogens is 3. The molecule has 2 heterocycles. The first kappa shape index (κ1) is 18.4. The molecule has 1 atom stereocenters. The first-order valence-corrected chi connectivity index (χ1v) is 9.77. The highest BCUT2D eigenvalue weighted by Gasteiger charge is 2.22. The standard InChI is InChI=1S/C22H25N5O/c28-22(20-7-4-8-21(13-20)27-17-23-16-25-27)24-14-19-10-12-26(15-19)11-9-18-5-2-1-3-6-18/h1-8,13,16-17,19H,9-12,14-15H2,(H,24,28). The second kappa shape index (κ2) is 8.80. The van der Waals surface area contributed by atoms with Crippen LogP contribution >= 0.6 is 0 Å². The average molecular weight is 375 g/mol. The van der Waals surface area contributed by atoms with Crippen LogP contribution in [-0.4, -0.2) is 51.8 Å². The van der Waals surface area contributed by atoms with E-state index in [-0.39, 0.29) is 5.91 Å². The number of carbonyl (C=O) groups excluding carboxylic acids is 1. The molecular formula is C22H25N5O. The summed E-state index contributed by atoms with van der Waals surface area (Å²) in [7, 11) is 0. The maximum atomic E-state index is 12.5. The van der Waals surface area contributed by atoms with Crippen molar-refractivity contribution in [2.45, 2.75) is 12.8 Å². The minimum absolute atomic E-state index is 0.0373. The Hall–Kier alpha value is -2.99. The van der Waals surface area contributed by atoms with E-state index in [1.807, 2.05) is 24.3 Å². The summed E-state index contributed by atoms with van der Waals surface area (Å²) in [6, 6.07) is 18.1. The molecule has 1 saturated heterocycles. The van der Waals surface area contributed by atoms with Crippen molar-refractivity contribution in [3.8, 4) is 5.69 Å². The molecule has 1 aliphatic rings. The lowest BCUT2D eigenvalue weighted by Crippen LogP contribution is -2.31. The largest absolute Gasteiger partial charge is 0.352 e. The summed E-state index contributed by atoms with van der Waals surface area (Å²) in [5.41, 5.74) is 2.86. The Morgan fingerprint density at radius 2 is 2.04 bits per heavy atom. The van der Waals surface area contributed by atoms with Gasteiger partial charge in [-0.3, -0.25) is 4.79 Å². The smallest absolute Gasteiger partial charge is 0.251 e. The van der Waals surface area contributed by atoms with E-state index in [0.29, 0.717) is 18.0 Å². The van der Waals surface area contributed by atoms with Gasteiger partial charge in [-0.05, 0) is 49.1 Å². The maximum absolute atomic E-state index is 12.5. The van der Waals surface area contributed by atoms with Crippen LogP contribution in [0.15, 0.2) is 67.3 Å². The lowest BCUT2D eigenvalue weighted by atomic mass is 10.1. The molecule has 0 saturated carbocycles. The zero-order valence-electron chi connectivity index (χ0n) is 15.9. The second-order valence-electron chi connectivity index (χ2n) is 7.29. The Labute approximate surface area is 165 Å². The zero-order chi connectivity index (χ0) is 19.2. The third kappa shape index (κ3) is 4.64. The van der Waals surface area contributed by atoms with Crippen LogP contribution in [0, 0.1) is 5.92 Å². The van der Waals surface area contributed by atoms with Crippen LogP contribution < -0.4 is 5.32 Å². The molecule has 1 N–H and O–H groups in total. The Kier molecular flexibility index (Phi) is 5.77. The topological polar surface area (TPSA) is 63.1 Å². The number of carbonyl (C=O) groups is 1. The summed E-state index contributed by atoms with van der Waals surface area (Å²) in [4.78, 5) is 19.0. The molecule has 6 nitrogen and oxygen atoms in total. The molecule has 2 aromatic carbocycles. The van der Waals surface area contributed by atoms with Crippen molar-refractivity contribution in [2.75, 3.05) is 26.2 Å². The van der Waals surface area contributed by atoms with Crippen LogP contribution in [0.2, 0.25) is 0 Å². The van der Waals surface area contributed by atoms with Gasteiger partial charge in [0.1, 0.15) is 12.7 Å². The van der Waals surface area contributed by atoms with Crippen LogP contribution in [0.1, 0.15) is 22.3 Å². The van der Waals surface area contributed by atoms with E-state index < -0.39 is 0 Å². The highest BCUT2D eigenvalue weighted by molar-refractivity contribution is 5.94. The van der Waals surface area contributed by atoms with E-state index in [2.05, 4.69) is 50.6 Å². The van der Waals surface area contributed by atoms with Crippen LogP contribution in [0.5, 0.6) is 0 Å². The fraction of sp³-hybridized carbons (Fsp3) is 0.318. The summed E-state index contributed by atoms with van der Waals surface area (Å²) >= 11 is 0. The number of hydrogen-bond acceptors (Lipinski definition) is 4. The normalized spacial score (nSPS) is 16.9. The molecule has 4 rings (SSSR count). The minimum atomic E-state index is -0.0373. The zero-order valence-corrected chi connectivity index (χ0v) is 15.9. The van der Waals surface area contributed by atoms with Gasteiger partial charge in [-0.25, -0.2) is 9.67 Å². The third-order valence-electron chi connectivity index (χ3n) is 5.27. The van der Waals surface area contributed by atoms with Gasteiger partial charge in [0.25, 0.3) is 5.91 Å². The molecule has 144 valence electrons. The van der Waals surface area contributed by atoms with Crippen LogP contribution in [0.4, 0.5) is 0 Å². The number of benzene rings is 2. The molecule has 0 aliphatic carbocycles. The van der Waals surface area contributed by atoms with Gasteiger partial charge in [-0.15, -0.1) is 0 Å². The van der Waals surface area contributed by atoms with E-state index >= 15 is 0 Å². The van der Waals surface area contributed by atoms with Crippen LogP contribution in [-0.2, 0) is 6.42 Å². The van der Waals surface area contributed by atoms with Crippen molar-refractivity contribution in [3.63, 3.8) is 0 Å². The number of nitrogens with zero attached hydrogens (tertiary/aromatic N) is 4. The predicted molar refractivity (Wildman–Crippen MR) is 108 cm³/mol. The van der Waals surface area contributed by atoms with Crippen molar-refractivity contribution in [1.82, 2.24) is 25.0 Å². The predicted octanol–water partition coefficient (Wildman–Crippen LogP) is 2.56. The molecule has 0 radical (unpaired) electrons. The highest BCUT2D eigenvalue weighted by atomic mass is 16.1. The van der Waals surface area contributed by atoms with Gasteiger partial charge in [-0.2, -0.15) is 5.10 Å². The Balaban J connectivity index is 1.25. The number of nitrogens with one attached hydrogen (secondary N) is 1. The fourth-order valence-electron chi connectivity index (χ4n) is 3.68. The Bertz CT molecular complexity index is 894. The van der Waals surface area contributed by atoms with Crippen LogP contribution in [0.25, 0.3) is 5.69 Å². The van der Waals surface area contributed by atoms with Gasteiger partial charge < -0.3 is 10.2 Å². The first-order valence-electron chi connectivity index (χ1n) is 9.77. The lowest BCUT2D eigenvalue weighted by molar-refractivity contribution is 0.0947. The second-order valence-corrected chi connectivity index (χ2v) is 7.29. The number of hydrogen-bond donors (Lipinski definition) is 1. The summed E-state index contributed by atoms with van der Waals surface area (Å²) in [6.07, 6.45) is 5.32. The van der Waals surface area contributed by atoms with Crippen molar-refractivity contribution in [2.24, 2.45) is 5.92 Å². The van der Waals surface area contributed by atoms with E-state index in [1.54, 1.807) is 11.0 Å². The molecule has 28 heavy (non-hydrogen) atoms. The molecule has 3 aromatic rings. The summed E-state index contributed by atoms with van der Waals surface area (Å²) in [5.74, 6) is 0.475. The minimum Gasteiger partial charge on any atom is -0.352 e. The van der Waals surface area contributed by atoms with Crippen LogP contribution in [0.3, 0.4) is 0 Å².